The molecule has 0 bridgehead atoms. The zero-order chi connectivity index (χ0) is 14.7. The van der Waals surface area contributed by atoms with Gasteiger partial charge in [-0.25, -0.2) is 0 Å². The first-order valence-corrected chi connectivity index (χ1v) is 6.96. The lowest BCUT2D eigenvalue weighted by Gasteiger charge is -2.15. The van der Waals surface area contributed by atoms with E-state index in [0.717, 1.165) is 28.0 Å². The quantitative estimate of drug-likeness (QED) is 0.912. The lowest BCUT2D eigenvalue weighted by atomic mass is 9.98. The molecule has 0 radical (unpaired) electrons. The SMILES string of the molecule is COc1ccc(CC(O)c2cc(C)c(C)cc2Cl)cc1. The van der Waals surface area contributed by atoms with Gasteiger partial charge < -0.3 is 9.84 Å². The van der Waals surface area contributed by atoms with Crippen LogP contribution in [0.4, 0.5) is 0 Å². The van der Waals surface area contributed by atoms with Gasteiger partial charge in [-0.3, -0.25) is 0 Å². The summed E-state index contributed by atoms with van der Waals surface area (Å²) in [4.78, 5) is 0. The minimum atomic E-state index is -0.602. The fraction of sp³-hybridized carbons (Fsp3) is 0.294. The summed E-state index contributed by atoms with van der Waals surface area (Å²) >= 11 is 6.23. The average Bonchev–Trinajstić information content (AvgIpc) is 2.43. The van der Waals surface area contributed by atoms with E-state index in [1.807, 2.05) is 50.2 Å². The summed E-state index contributed by atoms with van der Waals surface area (Å²) < 4.78 is 5.12. The van der Waals surface area contributed by atoms with Gasteiger partial charge in [-0.05, 0) is 54.3 Å². The summed E-state index contributed by atoms with van der Waals surface area (Å²) in [5, 5.41) is 11.0. The van der Waals surface area contributed by atoms with E-state index in [1.165, 1.54) is 0 Å². The van der Waals surface area contributed by atoms with Gasteiger partial charge in [0.1, 0.15) is 5.75 Å². The van der Waals surface area contributed by atoms with Gasteiger partial charge in [0, 0.05) is 11.4 Å². The fourth-order valence-electron chi connectivity index (χ4n) is 2.15. The number of hydrogen-bond donors (Lipinski definition) is 1. The molecule has 1 atom stereocenters. The van der Waals surface area contributed by atoms with Gasteiger partial charge in [-0.2, -0.15) is 0 Å². The van der Waals surface area contributed by atoms with Crippen LogP contribution in [0.1, 0.15) is 28.4 Å². The molecule has 0 saturated carbocycles. The molecule has 0 spiro atoms. The van der Waals surface area contributed by atoms with Crippen LogP contribution in [0.2, 0.25) is 5.02 Å². The summed E-state index contributed by atoms with van der Waals surface area (Å²) in [6.07, 6.45) is -0.0677. The Labute approximate surface area is 125 Å². The molecule has 0 amide bonds. The Morgan fingerprint density at radius 1 is 1.10 bits per heavy atom. The van der Waals surface area contributed by atoms with Crippen LogP contribution in [-0.2, 0) is 6.42 Å². The van der Waals surface area contributed by atoms with Crippen LogP contribution in [0.3, 0.4) is 0 Å². The Morgan fingerprint density at radius 2 is 1.70 bits per heavy atom. The summed E-state index contributed by atoms with van der Waals surface area (Å²) in [6.45, 7) is 4.04. The topological polar surface area (TPSA) is 29.5 Å². The summed E-state index contributed by atoms with van der Waals surface area (Å²) in [5.74, 6) is 0.812. The molecule has 2 aromatic carbocycles. The predicted molar refractivity (Wildman–Crippen MR) is 82.6 cm³/mol. The predicted octanol–water partition coefficient (Wildman–Crippen LogP) is 4.24. The second-order valence-electron chi connectivity index (χ2n) is 5.03. The zero-order valence-electron chi connectivity index (χ0n) is 12.0. The molecule has 0 heterocycles. The Kier molecular flexibility index (Phi) is 4.69. The van der Waals surface area contributed by atoms with Crippen LogP contribution in [0.5, 0.6) is 5.75 Å². The summed E-state index contributed by atoms with van der Waals surface area (Å²) in [7, 11) is 1.64. The standard InChI is InChI=1S/C17H19ClO2/c1-11-8-15(16(18)9-12(11)2)17(19)10-13-4-6-14(20-3)7-5-13/h4-9,17,19H,10H2,1-3H3. The molecule has 2 aromatic rings. The average molecular weight is 291 g/mol. The van der Waals surface area contributed by atoms with E-state index in [-0.39, 0.29) is 0 Å². The molecule has 0 aliphatic heterocycles. The maximum Gasteiger partial charge on any atom is 0.118 e. The largest absolute Gasteiger partial charge is 0.497 e. The number of methoxy groups -OCH3 is 1. The van der Waals surface area contributed by atoms with Crippen molar-refractivity contribution in [2.75, 3.05) is 7.11 Å². The minimum Gasteiger partial charge on any atom is -0.497 e. The number of benzene rings is 2. The Hall–Kier alpha value is -1.51. The van der Waals surface area contributed by atoms with E-state index < -0.39 is 6.10 Å². The van der Waals surface area contributed by atoms with Crippen molar-refractivity contribution >= 4 is 11.6 Å². The molecule has 1 N–H and O–H groups in total. The van der Waals surface area contributed by atoms with Gasteiger partial charge in [0.2, 0.25) is 0 Å². The van der Waals surface area contributed by atoms with Crippen molar-refractivity contribution in [1.29, 1.82) is 0 Å². The van der Waals surface area contributed by atoms with E-state index in [1.54, 1.807) is 7.11 Å². The van der Waals surface area contributed by atoms with Crippen molar-refractivity contribution in [2.45, 2.75) is 26.4 Å². The Bertz CT molecular complexity index is 591. The van der Waals surface area contributed by atoms with Gasteiger partial charge in [0.25, 0.3) is 0 Å². The molecule has 0 aromatic heterocycles. The molecule has 2 nitrogen and oxygen atoms in total. The lowest BCUT2D eigenvalue weighted by molar-refractivity contribution is 0.178. The van der Waals surface area contributed by atoms with Gasteiger partial charge in [-0.15, -0.1) is 0 Å². The molecular weight excluding hydrogens is 272 g/mol. The fourth-order valence-corrected chi connectivity index (χ4v) is 2.50. The Balaban J connectivity index is 2.18. The number of rotatable bonds is 4. The number of aliphatic hydroxyl groups excluding tert-OH is 1. The van der Waals surface area contributed by atoms with Crippen molar-refractivity contribution < 1.29 is 9.84 Å². The molecular formula is C17H19ClO2. The van der Waals surface area contributed by atoms with Gasteiger partial charge in [0.05, 0.1) is 13.2 Å². The van der Waals surface area contributed by atoms with Crippen LogP contribution in [0, 0.1) is 13.8 Å². The first-order valence-electron chi connectivity index (χ1n) is 6.59. The zero-order valence-corrected chi connectivity index (χ0v) is 12.7. The number of aliphatic hydroxyl groups is 1. The van der Waals surface area contributed by atoms with Gasteiger partial charge in [0.15, 0.2) is 0 Å². The monoisotopic (exact) mass is 290 g/mol. The van der Waals surface area contributed by atoms with E-state index in [4.69, 9.17) is 16.3 Å². The first kappa shape index (κ1) is 14.9. The van der Waals surface area contributed by atoms with Crippen molar-refractivity contribution in [2.24, 2.45) is 0 Å². The third kappa shape index (κ3) is 3.33. The normalized spacial score (nSPS) is 12.2. The van der Waals surface area contributed by atoms with E-state index in [9.17, 15) is 5.11 Å². The molecule has 1 unspecified atom stereocenters. The maximum atomic E-state index is 10.4. The lowest BCUT2D eigenvalue weighted by Crippen LogP contribution is -2.03. The van der Waals surface area contributed by atoms with Gasteiger partial charge in [-0.1, -0.05) is 29.8 Å². The highest BCUT2D eigenvalue weighted by atomic mass is 35.5. The molecule has 0 aliphatic carbocycles. The molecule has 3 heteroatoms. The van der Waals surface area contributed by atoms with Gasteiger partial charge >= 0.3 is 0 Å². The van der Waals surface area contributed by atoms with Crippen molar-refractivity contribution in [3.05, 3.63) is 63.7 Å². The highest BCUT2D eigenvalue weighted by molar-refractivity contribution is 6.31. The van der Waals surface area contributed by atoms with E-state index in [0.29, 0.717) is 11.4 Å². The van der Waals surface area contributed by atoms with Crippen LogP contribution >= 0.6 is 11.6 Å². The number of aryl methyl sites for hydroxylation is 2. The highest BCUT2D eigenvalue weighted by Crippen LogP contribution is 2.29. The molecule has 0 fully saturated rings. The van der Waals surface area contributed by atoms with Crippen LogP contribution < -0.4 is 4.74 Å². The van der Waals surface area contributed by atoms with Crippen LogP contribution in [0.25, 0.3) is 0 Å². The van der Waals surface area contributed by atoms with Crippen molar-refractivity contribution in [1.82, 2.24) is 0 Å². The third-order valence-corrected chi connectivity index (χ3v) is 3.89. The maximum absolute atomic E-state index is 10.4. The van der Waals surface area contributed by atoms with E-state index in [2.05, 4.69) is 0 Å². The third-order valence-electron chi connectivity index (χ3n) is 3.56. The smallest absolute Gasteiger partial charge is 0.118 e. The summed E-state index contributed by atoms with van der Waals surface area (Å²) in [6, 6.07) is 11.6. The molecule has 106 valence electrons. The number of hydrogen-bond acceptors (Lipinski definition) is 2. The minimum absolute atomic E-state index is 0.534. The number of halogens is 1. The van der Waals surface area contributed by atoms with Crippen LogP contribution in [0.15, 0.2) is 36.4 Å². The molecule has 20 heavy (non-hydrogen) atoms. The van der Waals surface area contributed by atoms with Crippen molar-refractivity contribution in [3.8, 4) is 5.75 Å². The molecule has 0 saturated heterocycles. The Morgan fingerprint density at radius 3 is 2.30 bits per heavy atom. The van der Waals surface area contributed by atoms with Crippen LogP contribution in [-0.4, -0.2) is 12.2 Å². The summed E-state index contributed by atoms with van der Waals surface area (Å²) in [5.41, 5.74) is 4.10. The molecule has 0 aliphatic rings. The second-order valence-corrected chi connectivity index (χ2v) is 5.43. The first-order chi connectivity index (χ1) is 9.51. The molecule has 2 rings (SSSR count). The highest BCUT2D eigenvalue weighted by Gasteiger charge is 2.13. The second kappa shape index (κ2) is 6.29. The van der Waals surface area contributed by atoms with E-state index >= 15 is 0 Å². The number of ether oxygens (including phenoxy) is 1. The van der Waals surface area contributed by atoms with Crippen molar-refractivity contribution in [3.63, 3.8) is 0 Å².